The van der Waals surface area contributed by atoms with Gasteiger partial charge in [0.2, 0.25) is 0 Å². The maximum Gasteiger partial charge on any atom is 0.345 e. The Labute approximate surface area is 139 Å². The zero-order chi connectivity index (χ0) is 16.3. The molecule has 0 spiro atoms. The van der Waals surface area contributed by atoms with E-state index < -0.39 is 12.1 Å². The van der Waals surface area contributed by atoms with Gasteiger partial charge in [-0.05, 0) is 54.8 Å². The average Bonchev–Trinajstić information content (AvgIpc) is 2.39. The van der Waals surface area contributed by atoms with Gasteiger partial charge in [0.15, 0.2) is 6.10 Å². The Morgan fingerprint density at radius 3 is 2.32 bits per heavy atom. The van der Waals surface area contributed by atoms with Crippen molar-refractivity contribution in [1.82, 2.24) is 0 Å². The number of ether oxygens (including phenoxy) is 1. The Morgan fingerprint density at radius 1 is 1.14 bits per heavy atom. The first-order chi connectivity index (χ1) is 10.3. The van der Waals surface area contributed by atoms with Crippen LogP contribution in [0.1, 0.15) is 16.7 Å². The van der Waals surface area contributed by atoms with E-state index >= 15 is 0 Å². The summed E-state index contributed by atoms with van der Waals surface area (Å²) in [6, 6.07) is 10.6. The number of carboxylic acids is 1. The fourth-order valence-corrected chi connectivity index (χ4v) is 2.72. The molecule has 2 aromatic rings. The van der Waals surface area contributed by atoms with Crippen molar-refractivity contribution in [3.8, 4) is 5.75 Å². The number of carbonyl (C=O) groups is 1. The van der Waals surface area contributed by atoms with E-state index in [1.165, 1.54) is 0 Å². The predicted octanol–water partition coefficient (Wildman–Crippen LogP) is 4.68. The van der Waals surface area contributed by atoms with Crippen LogP contribution >= 0.6 is 23.2 Å². The molecule has 116 valence electrons. The molecule has 0 aromatic heterocycles. The van der Waals surface area contributed by atoms with Gasteiger partial charge in [-0.1, -0.05) is 35.3 Å². The highest BCUT2D eigenvalue weighted by Gasteiger charge is 2.21. The lowest BCUT2D eigenvalue weighted by Crippen LogP contribution is -2.29. The van der Waals surface area contributed by atoms with Crippen molar-refractivity contribution in [2.75, 3.05) is 0 Å². The smallest absolute Gasteiger partial charge is 0.345 e. The van der Waals surface area contributed by atoms with E-state index in [4.69, 9.17) is 27.9 Å². The second kappa shape index (κ2) is 7.03. The summed E-state index contributed by atoms with van der Waals surface area (Å²) in [7, 11) is 0. The monoisotopic (exact) mass is 338 g/mol. The van der Waals surface area contributed by atoms with Crippen LogP contribution in [0, 0.1) is 13.8 Å². The summed E-state index contributed by atoms with van der Waals surface area (Å²) in [6.07, 6.45) is -0.849. The summed E-state index contributed by atoms with van der Waals surface area (Å²) < 4.78 is 5.64. The molecule has 0 amide bonds. The van der Waals surface area contributed by atoms with Gasteiger partial charge in [-0.15, -0.1) is 0 Å². The molecule has 2 aromatic carbocycles. The fourth-order valence-electron chi connectivity index (χ4n) is 2.23. The molecule has 0 aliphatic carbocycles. The zero-order valence-corrected chi connectivity index (χ0v) is 13.8. The minimum Gasteiger partial charge on any atom is -0.478 e. The molecule has 0 heterocycles. The third-order valence-electron chi connectivity index (χ3n) is 3.17. The number of carboxylic acid groups (broad SMARTS) is 1. The van der Waals surface area contributed by atoms with Gasteiger partial charge in [0.25, 0.3) is 0 Å². The van der Waals surface area contributed by atoms with E-state index in [1.807, 2.05) is 32.0 Å². The van der Waals surface area contributed by atoms with E-state index in [2.05, 4.69) is 0 Å². The van der Waals surface area contributed by atoms with Gasteiger partial charge in [-0.3, -0.25) is 0 Å². The largest absolute Gasteiger partial charge is 0.478 e. The van der Waals surface area contributed by atoms with Gasteiger partial charge in [0, 0.05) is 16.5 Å². The molecule has 0 aliphatic heterocycles. The second-order valence-corrected chi connectivity index (χ2v) is 6.05. The molecule has 0 bridgehead atoms. The van der Waals surface area contributed by atoms with Crippen LogP contribution in [-0.2, 0) is 11.2 Å². The van der Waals surface area contributed by atoms with Crippen LogP contribution < -0.4 is 4.74 Å². The van der Waals surface area contributed by atoms with E-state index in [0.29, 0.717) is 21.4 Å². The third kappa shape index (κ3) is 4.39. The highest BCUT2D eigenvalue weighted by Crippen LogP contribution is 2.24. The van der Waals surface area contributed by atoms with Crippen molar-refractivity contribution in [1.29, 1.82) is 0 Å². The summed E-state index contributed by atoms with van der Waals surface area (Å²) in [5.74, 6) is -0.500. The normalized spacial score (nSPS) is 12.0. The number of aliphatic carboxylic acids is 1. The Kier molecular flexibility index (Phi) is 5.33. The topological polar surface area (TPSA) is 46.5 Å². The maximum absolute atomic E-state index is 11.5. The molecule has 1 atom stereocenters. The first-order valence-corrected chi connectivity index (χ1v) is 7.52. The first kappa shape index (κ1) is 16.7. The molecule has 2 rings (SSSR count). The molecule has 0 fully saturated rings. The summed E-state index contributed by atoms with van der Waals surface area (Å²) in [5.41, 5.74) is 2.72. The average molecular weight is 339 g/mol. The SMILES string of the molecule is Cc1cc(C)cc(OC(Cc2ccc(Cl)cc2Cl)C(=O)O)c1. The van der Waals surface area contributed by atoms with Gasteiger partial charge in [0.1, 0.15) is 5.75 Å². The lowest BCUT2D eigenvalue weighted by molar-refractivity contribution is -0.145. The summed E-state index contributed by atoms with van der Waals surface area (Å²) in [6.45, 7) is 3.87. The Balaban J connectivity index is 2.21. The number of aryl methyl sites for hydroxylation is 2. The van der Waals surface area contributed by atoms with E-state index in [1.54, 1.807) is 18.2 Å². The Hall–Kier alpha value is -1.71. The van der Waals surface area contributed by atoms with Crippen LogP contribution in [0.3, 0.4) is 0 Å². The molecular formula is C17H16Cl2O3. The van der Waals surface area contributed by atoms with Gasteiger partial charge >= 0.3 is 5.97 Å². The van der Waals surface area contributed by atoms with Gasteiger partial charge < -0.3 is 9.84 Å². The Morgan fingerprint density at radius 2 is 1.77 bits per heavy atom. The maximum atomic E-state index is 11.5. The molecule has 5 heteroatoms. The molecule has 0 aliphatic rings. The summed E-state index contributed by atoms with van der Waals surface area (Å²) in [5, 5.41) is 10.3. The number of benzene rings is 2. The van der Waals surface area contributed by atoms with Crippen LogP contribution in [0.2, 0.25) is 10.0 Å². The summed E-state index contributed by atoms with van der Waals surface area (Å²) >= 11 is 11.9. The minimum atomic E-state index is -1.04. The van der Waals surface area contributed by atoms with Crippen LogP contribution in [0.5, 0.6) is 5.75 Å². The number of hydrogen-bond donors (Lipinski definition) is 1. The molecule has 3 nitrogen and oxygen atoms in total. The number of halogens is 2. The van der Waals surface area contributed by atoms with Crippen molar-refractivity contribution >= 4 is 29.2 Å². The first-order valence-electron chi connectivity index (χ1n) is 6.77. The molecule has 1 unspecified atom stereocenters. The van der Waals surface area contributed by atoms with Crippen molar-refractivity contribution in [3.63, 3.8) is 0 Å². The Bertz CT molecular complexity index is 678. The lowest BCUT2D eigenvalue weighted by atomic mass is 10.1. The zero-order valence-electron chi connectivity index (χ0n) is 12.3. The van der Waals surface area contributed by atoms with Crippen molar-refractivity contribution in [2.45, 2.75) is 26.4 Å². The van der Waals surface area contributed by atoms with Crippen LogP contribution in [0.25, 0.3) is 0 Å². The van der Waals surface area contributed by atoms with E-state index in [0.717, 1.165) is 11.1 Å². The molecule has 1 N–H and O–H groups in total. The van der Waals surface area contributed by atoms with Crippen molar-refractivity contribution in [2.24, 2.45) is 0 Å². The molecular weight excluding hydrogens is 323 g/mol. The second-order valence-electron chi connectivity index (χ2n) is 5.21. The quantitative estimate of drug-likeness (QED) is 0.860. The highest BCUT2D eigenvalue weighted by molar-refractivity contribution is 6.35. The van der Waals surface area contributed by atoms with Crippen LogP contribution in [-0.4, -0.2) is 17.2 Å². The lowest BCUT2D eigenvalue weighted by Gasteiger charge is -2.17. The van der Waals surface area contributed by atoms with Crippen LogP contribution in [0.15, 0.2) is 36.4 Å². The van der Waals surface area contributed by atoms with Gasteiger partial charge in [0.05, 0.1) is 0 Å². The van der Waals surface area contributed by atoms with Crippen molar-refractivity contribution < 1.29 is 14.6 Å². The molecule has 0 radical (unpaired) electrons. The fraction of sp³-hybridized carbons (Fsp3) is 0.235. The molecule has 0 saturated carbocycles. The molecule has 22 heavy (non-hydrogen) atoms. The van der Waals surface area contributed by atoms with E-state index in [-0.39, 0.29) is 6.42 Å². The van der Waals surface area contributed by atoms with Gasteiger partial charge in [-0.25, -0.2) is 4.79 Å². The van der Waals surface area contributed by atoms with Crippen LogP contribution in [0.4, 0.5) is 0 Å². The van der Waals surface area contributed by atoms with Gasteiger partial charge in [-0.2, -0.15) is 0 Å². The summed E-state index contributed by atoms with van der Waals surface area (Å²) in [4.78, 5) is 11.5. The van der Waals surface area contributed by atoms with E-state index in [9.17, 15) is 9.90 Å². The third-order valence-corrected chi connectivity index (χ3v) is 3.76. The molecule has 0 saturated heterocycles. The van der Waals surface area contributed by atoms with Crippen molar-refractivity contribution in [3.05, 3.63) is 63.1 Å². The predicted molar refractivity (Wildman–Crippen MR) is 88.1 cm³/mol. The standard InChI is InChI=1S/C17H16Cl2O3/c1-10-5-11(2)7-14(6-10)22-16(17(20)21)8-12-3-4-13(18)9-15(12)19/h3-7,9,16H,8H2,1-2H3,(H,20,21). The highest BCUT2D eigenvalue weighted by atomic mass is 35.5. The minimum absolute atomic E-state index is 0.165. The number of rotatable bonds is 5. The number of hydrogen-bond acceptors (Lipinski definition) is 2.